The second-order valence-corrected chi connectivity index (χ2v) is 8.96. The van der Waals surface area contributed by atoms with E-state index in [0.29, 0.717) is 0 Å². The van der Waals surface area contributed by atoms with Gasteiger partial charge in [-0.3, -0.25) is 9.69 Å². The molecule has 24 heavy (non-hydrogen) atoms. The molecule has 0 radical (unpaired) electrons. The van der Waals surface area contributed by atoms with Crippen molar-refractivity contribution in [3.05, 3.63) is 26.6 Å². The first kappa shape index (κ1) is 16.3. The summed E-state index contributed by atoms with van der Waals surface area (Å²) < 4.78 is 0. The number of nitrogens with zero attached hydrogens (tertiary/aromatic N) is 2. The number of likely N-dealkylation sites (tertiary alicyclic amines) is 1. The van der Waals surface area contributed by atoms with Crippen LogP contribution in [0, 0.1) is 11.8 Å². The average Bonchev–Trinajstić information content (AvgIpc) is 2.92. The predicted molar refractivity (Wildman–Crippen MR) is 99.8 cm³/mol. The summed E-state index contributed by atoms with van der Waals surface area (Å²) in [4.78, 5) is 25.5. The van der Waals surface area contributed by atoms with Crippen LogP contribution in [-0.4, -0.2) is 28.0 Å². The van der Waals surface area contributed by atoms with Gasteiger partial charge >= 0.3 is 0 Å². The Bertz CT molecular complexity index is 801. The minimum Gasteiger partial charge on any atom is -0.309 e. The third kappa shape index (κ3) is 2.82. The number of hydrogen-bond acceptors (Lipinski definition) is 4. The summed E-state index contributed by atoms with van der Waals surface area (Å²) in [6.45, 7) is 9.00. The number of aromatic amines is 1. The highest BCUT2D eigenvalue weighted by atomic mass is 32.1. The van der Waals surface area contributed by atoms with E-state index >= 15 is 0 Å². The van der Waals surface area contributed by atoms with Crippen LogP contribution in [0.1, 0.15) is 62.3 Å². The van der Waals surface area contributed by atoms with Gasteiger partial charge < -0.3 is 4.98 Å². The molecule has 1 aliphatic heterocycles. The van der Waals surface area contributed by atoms with Crippen molar-refractivity contribution < 1.29 is 0 Å². The Kier molecular flexibility index (Phi) is 4.25. The van der Waals surface area contributed by atoms with Gasteiger partial charge in [0.15, 0.2) is 0 Å². The number of rotatable bonds is 2. The number of nitrogens with one attached hydrogen (secondary N) is 1. The maximum atomic E-state index is 12.7. The van der Waals surface area contributed by atoms with E-state index in [9.17, 15) is 4.79 Å². The van der Waals surface area contributed by atoms with Crippen molar-refractivity contribution in [3.8, 4) is 0 Å². The number of fused-ring (bicyclic) bond motifs is 3. The molecule has 130 valence electrons. The molecule has 2 aromatic rings. The van der Waals surface area contributed by atoms with Crippen molar-refractivity contribution >= 4 is 21.6 Å². The summed E-state index contributed by atoms with van der Waals surface area (Å²) in [6, 6.07) is 0.188. The largest absolute Gasteiger partial charge is 0.309 e. The van der Waals surface area contributed by atoms with Crippen LogP contribution < -0.4 is 5.56 Å². The molecule has 5 heteroatoms. The Morgan fingerprint density at radius 3 is 2.71 bits per heavy atom. The number of aromatic nitrogens is 2. The Morgan fingerprint density at radius 1 is 1.21 bits per heavy atom. The monoisotopic (exact) mass is 345 g/mol. The number of hydrogen-bond donors (Lipinski definition) is 1. The van der Waals surface area contributed by atoms with Crippen LogP contribution >= 0.6 is 11.3 Å². The number of aryl methyl sites for hydroxylation is 1. The lowest BCUT2D eigenvalue weighted by molar-refractivity contribution is 0.142. The Labute approximate surface area is 147 Å². The summed E-state index contributed by atoms with van der Waals surface area (Å²) in [5, 5.41) is 0.866. The lowest BCUT2D eigenvalue weighted by atomic mass is 9.89. The molecule has 2 aliphatic rings. The molecule has 1 N–H and O–H groups in total. The van der Waals surface area contributed by atoms with Crippen molar-refractivity contribution in [2.24, 2.45) is 11.8 Å². The summed E-state index contributed by atoms with van der Waals surface area (Å²) in [6.07, 6.45) is 5.79. The van der Waals surface area contributed by atoms with E-state index < -0.39 is 0 Å². The van der Waals surface area contributed by atoms with Gasteiger partial charge in [0.05, 0.1) is 11.4 Å². The second-order valence-electron chi connectivity index (χ2n) is 7.88. The van der Waals surface area contributed by atoms with E-state index in [0.717, 1.165) is 53.8 Å². The van der Waals surface area contributed by atoms with E-state index in [1.165, 1.54) is 29.7 Å². The molecule has 2 unspecified atom stereocenters. The first-order valence-electron chi connectivity index (χ1n) is 9.31. The maximum Gasteiger partial charge on any atom is 0.259 e. The lowest BCUT2D eigenvalue weighted by Crippen LogP contribution is -2.36. The summed E-state index contributed by atoms with van der Waals surface area (Å²) in [7, 11) is 0. The zero-order chi connectivity index (χ0) is 16.8. The molecule has 0 amide bonds. The van der Waals surface area contributed by atoms with Gasteiger partial charge in [-0.2, -0.15) is 0 Å². The average molecular weight is 346 g/mol. The Hall–Kier alpha value is -1.20. The zero-order valence-electron chi connectivity index (χ0n) is 14.9. The molecule has 0 spiro atoms. The predicted octanol–water partition coefficient (Wildman–Crippen LogP) is 3.90. The molecule has 3 heterocycles. The van der Waals surface area contributed by atoms with Crippen molar-refractivity contribution in [1.82, 2.24) is 14.9 Å². The summed E-state index contributed by atoms with van der Waals surface area (Å²) >= 11 is 1.75. The Balaban J connectivity index is 1.69. The fraction of sp³-hybridized carbons (Fsp3) is 0.684. The van der Waals surface area contributed by atoms with Gasteiger partial charge in [0, 0.05) is 4.88 Å². The van der Waals surface area contributed by atoms with Gasteiger partial charge in [-0.15, -0.1) is 11.3 Å². The van der Waals surface area contributed by atoms with Crippen LogP contribution in [0.4, 0.5) is 0 Å². The van der Waals surface area contributed by atoms with E-state index in [2.05, 4.69) is 30.7 Å². The first-order chi connectivity index (χ1) is 11.5. The quantitative estimate of drug-likeness (QED) is 0.898. The van der Waals surface area contributed by atoms with Crippen LogP contribution in [0.5, 0.6) is 0 Å². The Morgan fingerprint density at radius 2 is 1.96 bits per heavy atom. The van der Waals surface area contributed by atoms with Gasteiger partial charge in [0.2, 0.25) is 0 Å². The van der Waals surface area contributed by atoms with E-state index in [4.69, 9.17) is 4.98 Å². The third-order valence-corrected chi connectivity index (χ3v) is 7.09. The standard InChI is InChI=1S/C19H27N3OS/c1-11-6-8-22(9-7-11)13(3)17-20-18(23)16-14-5-4-12(2)10-15(14)24-19(16)21-17/h11-13H,4-10H2,1-3H3,(H,20,21,23). The fourth-order valence-corrected chi connectivity index (χ4v) is 5.54. The smallest absolute Gasteiger partial charge is 0.259 e. The molecule has 0 saturated carbocycles. The molecule has 0 aromatic carbocycles. The number of thiophene rings is 1. The molecule has 1 fully saturated rings. The van der Waals surface area contributed by atoms with Crippen LogP contribution in [0.15, 0.2) is 4.79 Å². The molecule has 0 bridgehead atoms. The topological polar surface area (TPSA) is 49.0 Å². The minimum absolute atomic E-state index is 0.0688. The van der Waals surface area contributed by atoms with Crippen LogP contribution in [-0.2, 0) is 12.8 Å². The SMILES string of the molecule is CC1CCN(C(C)c2nc3sc4c(c3c(=O)[nH]2)CCC(C)C4)CC1. The molecule has 2 aromatic heterocycles. The van der Waals surface area contributed by atoms with Gasteiger partial charge in [0.25, 0.3) is 5.56 Å². The van der Waals surface area contributed by atoms with E-state index in [1.807, 2.05) is 0 Å². The first-order valence-corrected chi connectivity index (χ1v) is 10.1. The molecule has 2 atom stereocenters. The number of H-pyrrole nitrogens is 1. The molecule has 4 nitrogen and oxygen atoms in total. The maximum absolute atomic E-state index is 12.7. The summed E-state index contributed by atoms with van der Waals surface area (Å²) in [5.74, 6) is 2.38. The van der Waals surface area contributed by atoms with Crippen LogP contribution in [0.2, 0.25) is 0 Å². The van der Waals surface area contributed by atoms with Crippen LogP contribution in [0.25, 0.3) is 10.2 Å². The van der Waals surface area contributed by atoms with Crippen molar-refractivity contribution in [1.29, 1.82) is 0 Å². The molecular weight excluding hydrogens is 318 g/mol. The lowest BCUT2D eigenvalue weighted by Gasteiger charge is -2.34. The van der Waals surface area contributed by atoms with Gasteiger partial charge in [-0.1, -0.05) is 13.8 Å². The van der Waals surface area contributed by atoms with Crippen molar-refractivity contribution in [2.45, 2.75) is 58.9 Å². The molecule has 1 aliphatic carbocycles. The molecular formula is C19H27N3OS. The second kappa shape index (κ2) is 6.26. The highest BCUT2D eigenvalue weighted by Crippen LogP contribution is 2.36. The summed E-state index contributed by atoms with van der Waals surface area (Å²) in [5.41, 5.74) is 1.34. The van der Waals surface area contributed by atoms with E-state index in [1.54, 1.807) is 11.3 Å². The number of piperidine rings is 1. The highest BCUT2D eigenvalue weighted by molar-refractivity contribution is 7.18. The highest BCUT2D eigenvalue weighted by Gasteiger charge is 2.26. The third-order valence-electron chi connectivity index (χ3n) is 5.95. The van der Waals surface area contributed by atoms with Crippen molar-refractivity contribution in [2.75, 3.05) is 13.1 Å². The van der Waals surface area contributed by atoms with Crippen LogP contribution in [0.3, 0.4) is 0 Å². The van der Waals surface area contributed by atoms with Gasteiger partial charge in [-0.25, -0.2) is 4.98 Å². The fourth-order valence-electron chi connectivity index (χ4n) is 4.15. The minimum atomic E-state index is 0.0688. The van der Waals surface area contributed by atoms with Gasteiger partial charge in [-0.05, 0) is 69.5 Å². The van der Waals surface area contributed by atoms with Gasteiger partial charge in [0.1, 0.15) is 10.7 Å². The normalized spacial score (nSPS) is 24.2. The molecule has 1 saturated heterocycles. The van der Waals surface area contributed by atoms with Crippen molar-refractivity contribution in [3.63, 3.8) is 0 Å². The van der Waals surface area contributed by atoms with E-state index in [-0.39, 0.29) is 11.6 Å². The molecule has 4 rings (SSSR count). The zero-order valence-corrected chi connectivity index (χ0v) is 15.7.